The van der Waals surface area contributed by atoms with Gasteiger partial charge in [-0.1, -0.05) is 51.9 Å². The van der Waals surface area contributed by atoms with Crippen molar-refractivity contribution in [2.45, 2.75) is 58.3 Å². The van der Waals surface area contributed by atoms with Crippen LogP contribution >= 0.6 is 0 Å². The van der Waals surface area contributed by atoms with E-state index < -0.39 is 4.92 Å². The van der Waals surface area contributed by atoms with Crippen LogP contribution in [-0.2, 0) is 0 Å². The SMILES string of the molecule is CCCCCCCCCCNc1ccc([N+](=O)[O-])c(N)n1. The summed E-state index contributed by atoms with van der Waals surface area (Å²) in [6.07, 6.45) is 10.2. The van der Waals surface area contributed by atoms with Gasteiger partial charge in [-0.15, -0.1) is 0 Å². The van der Waals surface area contributed by atoms with Gasteiger partial charge in [0, 0.05) is 12.6 Å². The van der Waals surface area contributed by atoms with Crippen molar-refractivity contribution in [1.29, 1.82) is 0 Å². The Morgan fingerprint density at radius 1 is 1.14 bits per heavy atom. The fourth-order valence-electron chi connectivity index (χ4n) is 2.20. The van der Waals surface area contributed by atoms with E-state index in [1.807, 2.05) is 0 Å². The highest BCUT2D eigenvalue weighted by Crippen LogP contribution is 2.20. The highest BCUT2D eigenvalue weighted by molar-refractivity contribution is 5.57. The zero-order valence-electron chi connectivity index (χ0n) is 12.8. The van der Waals surface area contributed by atoms with Crippen LogP contribution in [0.4, 0.5) is 17.3 Å². The number of nitrogen functional groups attached to an aromatic ring is 1. The van der Waals surface area contributed by atoms with Crippen LogP contribution in [0.3, 0.4) is 0 Å². The number of unbranched alkanes of at least 4 members (excludes halogenated alkanes) is 7. The molecule has 21 heavy (non-hydrogen) atoms. The molecule has 6 nitrogen and oxygen atoms in total. The van der Waals surface area contributed by atoms with Gasteiger partial charge < -0.3 is 11.1 Å². The number of nitrogens with two attached hydrogens (primary N) is 1. The summed E-state index contributed by atoms with van der Waals surface area (Å²) in [5, 5.41) is 13.8. The maximum Gasteiger partial charge on any atom is 0.311 e. The molecule has 0 unspecified atom stereocenters. The van der Waals surface area contributed by atoms with E-state index in [0.29, 0.717) is 5.82 Å². The molecular formula is C15H26N4O2. The molecule has 0 saturated carbocycles. The molecule has 1 aromatic heterocycles. The molecule has 1 aromatic rings. The second-order valence-electron chi connectivity index (χ2n) is 5.26. The minimum Gasteiger partial charge on any atom is -0.378 e. The van der Waals surface area contributed by atoms with Crippen molar-refractivity contribution < 1.29 is 4.92 Å². The topological polar surface area (TPSA) is 94.1 Å². The summed E-state index contributed by atoms with van der Waals surface area (Å²) in [4.78, 5) is 14.1. The number of aromatic nitrogens is 1. The first-order valence-corrected chi connectivity index (χ1v) is 7.80. The summed E-state index contributed by atoms with van der Waals surface area (Å²) in [5.41, 5.74) is 5.39. The molecular weight excluding hydrogens is 268 g/mol. The third-order valence-electron chi connectivity index (χ3n) is 3.44. The molecule has 1 rings (SSSR count). The molecule has 0 bridgehead atoms. The summed E-state index contributed by atoms with van der Waals surface area (Å²) in [5.74, 6) is 0.557. The van der Waals surface area contributed by atoms with Crippen LogP contribution < -0.4 is 11.1 Å². The molecule has 0 aliphatic carbocycles. The minimum atomic E-state index is -0.523. The van der Waals surface area contributed by atoms with Crippen LogP contribution in [0, 0.1) is 10.1 Å². The van der Waals surface area contributed by atoms with E-state index >= 15 is 0 Å². The van der Waals surface area contributed by atoms with Crippen molar-refractivity contribution in [2.24, 2.45) is 0 Å². The van der Waals surface area contributed by atoms with Crippen LogP contribution in [-0.4, -0.2) is 16.5 Å². The fourth-order valence-corrected chi connectivity index (χ4v) is 2.20. The lowest BCUT2D eigenvalue weighted by molar-refractivity contribution is -0.384. The number of hydrogen-bond donors (Lipinski definition) is 2. The molecule has 0 aliphatic rings. The van der Waals surface area contributed by atoms with Gasteiger partial charge in [0.05, 0.1) is 4.92 Å². The van der Waals surface area contributed by atoms with E-state index in [1.54, 1.807) is 6.07 Å². The third-order valence-corrected chi connectivity index (χ3v) is 3.44. The van der Waals surface area contributed by atoms with E-state index in [2.05, 4.69) is 17.2 Å². The van der Waals surface area contributed by atoms with Crippen LogP contribution in [0.1, 0.15) is 58.3 Å². The van der Waals surface area contributed by atoms with Crippen molar-refractivity contribution in [2.75, 3.05) is 17.6 Å². The Bertz CT molecular complexity index is 438. The van der Waals surface area contributed by atoms with Crippen LogP contribution in [0.2, 0.25) is 0 Å². The van der Waals surface area contributed by atoms with Crippen molar-refractivity contribution in [3.8, 4) is 0 Å². The number of nitrogens with zero attached hydrogens (tertiary/aromatic N) is 2. The quantitative estimate of drug-likeness (QED) is 0.363. The first-order chi connectivity index (χ1) is 10.1. The summed E-state index contributed by atoms with van der Waals surface area (Å²) in [6.45, 7) is 3.05. The third kappa shape index (κ3) is 6.92. The molecule has 6 heteroatoms. The van der Waals surface area contributed by atoms with E-state index in [0.717, 1.165) is 13.0 Å². The normalized spacial score (nSPS) is 10.5. The smallest absolute Gasteiger partial charge is 0.311 e. The van der Waals surface area contributed by atoms with Crippen LogP contribution in [0.25, 0.3) is 0 Å². The molecule has 0 fully saturated rings. The lowest BCUT2D eigenvalue weighted by atomic mass is 10.1. The predicted octanol–water partition coefficient (Wildman–Crippen LogP) is 4.12. The van der Waals surface area contributed by atoms with Crippen molar-refractivity contribution in [3.63, 3.8) is 0 Å². The van der Waals surface area contributed by atoms with Crippen molar-refractivity contribution in [3.05, 3.63) is 22.2 Å². The Morgan fingerprint density at radius 2 is 1.76 bits per heavy atom. The Morgan fingerprint density at radius 3 is 2.33 bits per heavy atom. The van der Waals surface area contributed by atoms with Crippen LogP contribution in [0.15, 0.2) is 12.1 Å². The highest BCUT2D eigenvalue weighted by atomic mass is 16.6. The average molecular weight is 294 g/mol. The summed E-state index contributed by atoms with van der Waals surface area (Å²) >= 11 is 0. The van der Waals surface area contributed by atoms with Gasteiger partial charge in [0.1, 0.15) is 5.82 Å². The van der Waals surface area contributed by atoms with E-state index in [1.165, 1.54) is 51.0 Å². The van der Waals surface area contributed by atoms with E-state index in [-0.39, 0.29) is 11.5 Å². The first-order valence-electron chi connectivity index (χ1n) is 7.80. The monoisotopic (exact) mass is 294 g/mol. The molecule has 0 aliphatic heterocycles. The Labute approximate surface area is 126 Å². The second kappa shape index (κ2) is 9.96. The number of rotatable bonds is 11. The molecule has 0 saturated heterocycles. The predicted molar refractivity (Wildman–Crippen MR) is 86.4 cm³/mol. The van der Waals surface area contributed by atoms with Gasteiger partial charge in [0.2, 0.25) is 5.82 Å². The van der Waals surface area contributed by atoms with Crippen molar-refractivity contribution >= 4 is 17.3 Å². The fraction of sp³-hybridized carbons (Fsp3) is 0.667. The molecule has 0 amide bonds. The molecule has 3 N–H and O–H groups in total. The Kier molecular flexibility index (Phi) is 8.16. The second-order valence-corrected chi connectivity index (χ2v) is 5.26. The zero-order chi connectivity index (χ0) is 15.5. The maximum atomic E-state index is 10.6. The van der Waals surface area contributed by atoms with Gasteiger partial charge in [-0.3, -0.25) is 10.1 Å². The lowest BCUT2D eigenvalue weighted by Crippen LogP contribution is -2.06. The van der Waals surface area contributed by atoms with Gasteiger partial charge in [-0.2, -0.15) is 0 Å². The van der Waals surface area contributed by atoms with Gasteiger partial charge in [-0.05, 0) is 12.5 Å². The molecule has 1 heterocycles. The molecule has 0 aromatic carbocycles. The van der Waals surface area contributed by atoms with E-state index in [9.17, 15) is 10.1 Å². The van der Waals surface area contributed by atoms with E-state index in [4.69, 9.17) is 5.73 Å². The maximum absolute atomic E-state index is 10.6. The standard InChI is InChI=1S/C15H26N4O2/c1-2-3-4-5-6-7-8-9-12-17-14-11-10-13(19(20)21)15(16)18-14/h10-11H,2-9,12H2,1H3,(H3,16,17,18). The Hall–Kier alpha value is -1.85. The van der Waals surface area contributed by atoms with Crippen molar-refractivity contribution in [1.82, 2.24) is 4.98 Å². The number of nitro groups is 1. The van der Waals surface area contributed by atoms with Gasteiger partial charge >= 0.3 is 5.69 Å². The van der Waals surface area contributed by atoms with Gasteiger partial charge in [-0.25, -0.2) is 4.98 Å². The zero-order valence-corrected chi connectivity index (χ0v) is 12.8. The molecule has 0 radical (unpaired) electrons. The largest absolute Gasteiger partial charge is 0.378 e. The van der Waals surface area contributed by atoms with Gasteiger partial charge in [0.25, 0.3) is 0 Å². The summed E-state index contributed by atoms with van der Waals surface area (Å²) < 4.78 is 0. The average Bonchev–Trinajstić information content (AvgIpc) is 2.45. The lowest BCUT2D eigenvalue weighted by Gasteiger charge is -2.06. The number of hydrogen-bond acceptors (Lipinski definition) is 5. The molecule has 0 spiro atoms. The highest BCUT2D eigenvalue weighted by Gasteiger charge is 2.12. The summed E-state index contributed by atoms with van der Waals surface area (Å²) in [6, 6.07) is 2.98. The number of pyridine rings is 1. The van der Waals surface area contributed by atoms with Crippen LogP contribution in [0.5, 0.6) is 0 Å². The first kappa shape index (κ1) is 17.2. The summed E-state index contributed by atoms with van der Waals surface area (Å²) in [7, 11) is 0. The minimum absolute atomic E-state index is 0.0408. The van der Waals surface area contributed by atoms with Gasteiger partial charge in [0.15, 0.2) is 0 Å². The number of anilines is 2. The number of nitrogens with one attached hydrogen (secondary N) is 1. The Balaban J connectivity index is 2.13. The molecule has 118 valence electrons. The molecule has 0 atom stereocenters.